The van der Waals surface area contributed by atoms with Crippen molar-refractivity contribution in [1.29, 1.82) is 0 Å². The summed E-state index contributed by atoms with van der Waals surface area (Å²) in [5.74, 6) is -2.13. The van der Waals surface area contributed by atoms with Crippen molar-refractivity contribution in [3.05, 3.63) is 35.4 Å². The second-order valence-corrected chi connectivity index (χ2v) is 3.74. The maximum absolute atomic E-state index is 13.2. The molecule has 0 saturated heterocycles. The molecular weight excluding hydrogens is 214 g/mol. The largest absolute Gasteiger partial charge is 0.462 e. The van der Waals surface area contributed by atoms with Gasteiger partial charge >= 0.3 is 5.97 Å². The van der Waals surface area contributed by atoms with Gasteiger partial charge in [0.25, 0.3) is 0 Å². The number of hydrogen-bond acceptors (Lipinski definition) is 2. The molecule has 0 aliphatic rings. The SMILES string of the molecule is CCC(C)COC(=O)c1ccc(F)cc1F. The fourth-order valence-electron chi connectivity index (χ4n) is 1.07. The van der Waals surface area contributed by atoms with Crippen LogP contribution in [0.5, 0.6) is 0 Å². The van der Waals surface area contributed by atoms with Gasteiger partial charge in [0.15, 0.2) is 0 Å². The van der Waals surface area contributed by atoms with E-state index < -0.39 is 17.6 Å². The number of esters is 1. The van der Waals surface area contributed by atoms with Crippen LogP contribution in [0, 0.1) is 17.6 Å². The van der Waals surface area contributed by atoms with E-state index in [0.29, 0.717) is 6.07 Å². The average Bonchev–Trinajstić information content (AvgIpc) is 2.25. The molecule has 0 N–H and O–H groups in total. The molecule has 0 amide bonds. The van der Waals surface area contributed by atoms with Gasteiger partial charge in [0.1, 0.15) is 11.6 Å². The number of rotatable bonds is 4. The fraction of sp³-hybridized carbons (Fsp3) is 0.417. The van der Waals surface area contributed by atoms with Crippen LogP contribution >= 0.6 is 0 Å². The Morgan fingerprint density at radius 1 is 1.44 bits per heavy atom. The third-order valence-electron chi connectivity index (χ3n) is 2.35. The lowest BCUT2D eigenvalue weighted by molar-refractivity contribution is 0.0441. The summed E-state index contributed by atoms with van der Waals surface area (Å²) in [5, 5.41) is 0. The Labute approximate surface area is 93.2 Å². The standard InChI is InChI=1S/C12H14F2O2/c1-3-8(2)7-16-12(15)10-5-4-9(13)6-11(10)14/h4-6,8H,3,7H2,1-2H3. The van der Waals surface area contributed by atoms with Crippen LogP contribution in [0.25, 0.3) is 0 Å². The topological polar surface area (TPSA) is 26.3 Å². The van der Waals surface area contributed by atoms with Crippen LogP contribution in [-0.4, -0.2) is 12.6 Å². The van der Waals surface area contributed by atoms with Gasteiger partial charge in [0, 0.05) is 6.07 Å². The molecule has 1 aromatic rings. The fourth-order valence-corrected chi connectivity index (χ4v) is 1.07. The van der Waals surface area contributed by atoms with E-state index in [0.717, 1.165) is 18.6 Å². The zero-order valence-corrected chi connectivity index (χ0v) is 9.30. The van der Waals surface area contributed by atoms with Crippen molar-refractivity contribution >= 4 is 5.97 Å². The zero-order valence-electron chi connectivity index (χ0n) is 9.30. The molecular formula is C12H14F2O2. The highest BCUT2D eigenvalue weighted by atomic mass is 19.1. The Morgan fingerprint density at radius 3 is 2.69 bits per heavy atom. The lowest BCUT2D eigenvalue weighted by Gasteiger charge is -2.09. The van der Waals surface area contributed by atoms with Gasteiger partial charge in [-0.2, -0.15) is 0 Å². The summed E-state index contributed by atoms with van der Waals surface area (Å²) in [5.41, 5.74) is -0.232. The molecule has 0 bridgehead atoms. The third-order valence-corrected chi connectivity index (χ3v) is 2.35. The van der Waals surface area contributed by atoms with Gasteiger partial charge in [0.05, 0.1) is 12.2 Å². The smallest absolute Gasteiger partial charge is 0.341 e. The number of halogens is 2. The predicted molar refractivity (Wildman–Crippen MR) is 56.1 cm³/mol. The summed E-state index contributed by atoms with van der Waals surface area (Å²) in [6, 6.07) is 2.78. The number of ether oxygens (including phenoxy) is 1. The van der Waals surface area contributed by atoms with Gasteiger partial charge in [-0.3, -0.25) is 0 Å². The van der Waals surface area contributed by atoms with Crippen LogP contribution in [0.3, 0.4) is 0 Å². The van der Waals surface area contributed by atoms with Gasteiger partial charge < -0.3 is 4.74 Å². The first kappa shape index (κ1) is 12.6. The first-order valence-electron chi connectivity index (χ1n) is 5.16. The molecule has 0 aromatic heterocycles. The van der Waals surface area contributed by atoms with E-state index >= 15 is 0 Å². The number of carbonyl (C=O) groups excluding carboxylic acids is 1. The van der Waals surface area contributed by atoms with Crippen LogP contribution in [0.4, 0.5) is 8.78 Å². The second-order valence-electron chi connectivity index (χ2n) is 3.74. The van der Waals surface area contributed by atoms with E-state index in [4.69, 9.17) is 4.74 Å². The average molecular weight is 228 g/mol. The molecule has 1 aromatic carbocycles. The highest BCUT2D eigenvalue weighted by Gasteiger charge is 2.14. The second kappa shape index (κ2) is 5.58. The third kappa shape index (κ3) is 3.29. The lowest BCUT2D eigenvalue weighted by Crippen LogP contribution is -2.13. The molecule has 1 rings (SSSR count). The predicted octanol–water partition coefficient (Wildman–Crippen LogP) is 3.17. The van der Waals surface area contributed by atoms with Gasteiger partial charge in [-0.1, -0.05) is 20.3 Å². The molecule has 0 aliphatic heterocycles. The van der Waals surface area contributed by atoms with Crippen molar-refractivity contribution < 1.29 is 18.3 Å². The normalized spacial score (nSPS) is 12.2. The van der Waals surface area contributed by atoms with Crippen molar-refractivity contribution in [1.82, 2.24) is 0 Å². The highest BCUT2D eigenvalue weighted by molar-refractivity contribution is 5.89. The van der Waals surface area contributed by atoms with E-state index in [-0.39, 0.29) is 18.1 Å². The van der Waals surface area contributed by atoms with Crippen LogP contribution in [0.2, 0.25) is 0 Å². The summed E-state index contributed by atoms with van der Waals surface area (Å²) < 4.78 is 30.7. The van der Waals surface area contributed by atoms with E-state index in [2.05, 4.69) is 0 Å². The Bertz CT molecular complexity index is 377. The summed E-state index contributed by atoms with van der Waals surface area (Å²) in [7, 11) is 0. The van der Waals surface area contributed by atoms with Gasteiger partial charge in [-0.25, -0.2) is 13.6 Å². The van der Waals surface area contributed by atoms with E-state index in [1.165, 1.54) is 0 Å². The van der Waals surface area contributed by atoms with Gasteiger partial charge in [-0.05, 0) is 18.1 Å². The molecule has 16 heavy (non-hydrogen) atoms. The van der Waals surface area contributed by atoms with Crippen LogP contribution < -0.4 is 0 Å². The van der Waals surface area contributed by atoms with Crippen molar-refractivity contribution in [3.8, 4) is 0 Å². The van der Waals surface area contributed by atoms with E-state index in [9.17, 15) is 13.6 Å². The number of carbonyl (C=O) groups is 1. The lowest BCUT2D eigenvalue weighted by atomic mass is 10.1. The minimum Gasteiger partial charge on any atom is -0.462 e. The molecule has 0 heterocycles. The van der Waals surface area contributed by atoms with Gasteiger partial charge in [0.2, 0.25) is 0 Å². The Morgan fingerprint density at radius 2 is 2.12 bits per heavy atom. The molecule has 0 fully saturated rings. The van der Waals surface area contributed by atoms with Crippen LogP contribution in [0.1, 0.15) is 30.6 Å². The molecule has 0 saturated carbocycles. The Balaban J connectivity index is 2.66. The van der Waals surface area contributed by atoms with Crippen molar-refractivity contribution in [3.63, 3.8) is 0 Å². The minimum atomic E-state index is -0.894. The Kier molecular flexibility index (Phi) is 4.40. The first-order chi connectivity index (χ1) is 7.54. The summed E-state index contributed by atoms with van der Waals surface area (Å²) in [6.45, 7) is 4.14. The van der Waals surface area contributed by atoms with Crippen LogP contribution in [0.15, 0.2) is 18.2 Å². The highest BCUT2D eigenvalue weighted by Crippen LogP contribution is 2.12. The van der Waals surface area contributed by atoms with E-state index in [1.807, 2.05) is 13.8 Å². The first-order valence-corrected chi connectivity index (χ1v) is 5.16. The Hall–Kier alpha value is -1.45. The maximum atomic E-state index is 13.2. The molecule has 2 nitrogen and oxygen atoms in total. The van der Waals surface area contributed by atoms with Gasteiger partial charge in [-0.15, -0.1) is 0 Å². The monoisotopic (exact) mass is 228 g/mol. The molecule has 0 spiro atoms. The quantitative estimate of drug-likeness (QED) is 0.740. The molecule has 4 heteroatoms. The van der Waals surface area contributed by atoms with Crippen molar-refractivity contribution in [2.75, 3.05) is 6.61 Å². The molecule has 0 aliphatic carbocycles. The summed E-state index contributed by atoms with van der Waals surface area (Å²) in [6.07, 6.45) is 0.874. The zero-order chi connectivity index (χ0) is 12.1. The van der Waals surface area contributed by atoms with Crippen molar-refractivity contribution in [2.24, 2.45) is 5.92 Å². The summed E-state index contributed by atoms with van der Waals surface area (Å²) >= 11 is 0. The van der Waals surface area contributed by atoms with Crippen LogP contribution in [-0.2, 0) is 4.74 Å². The maximum Gasteiger partial charge on any atom is 0.341 e. The molecule has 1 unspecified atom stereocenters. The molecule has 0 radical (unpaired) electrons. The number of benzene rings is 1. The summed E-state index contributed by atoms with van der Waals surface area (Å²) in [4.78, 5) is 11.4. The number of hydrogen-bond donors (Lipinski definition) is 0. The molecule has 88 valence electrons. The van der Waals surface area contributed by atoms with E-state index in [1.54, 1.807) is 0 Å². The minimum absolute atomic E-state index is 0.229. The molecule has 1 atom stereocenters. The van der Waals surface area contributed by atoms with Crippen molar-refractivity contribution in [2.45, 2.75) is 20.3 Å².